The van der Waals surface area contributed by atoms with Gasteiger partial charge in [-0.2, -0.15) is 0 Å². The first-order valence-corrected chi connectivity index (χ1v) is 9.60. The fourth-order valence-corrected chi connectivity index (χ4v) is 3.70. The second-order valence-corrected chi connectivity index (χ2v) is 9.27. The van der Waals surface area contributed by atoms with Crippen molar-refractivity contribution in [3.05, 3.63) is 36.4 Å². The van der Waals surface area contributed by atoms with Gasteiger partial charge >= 0.3 is 0 Å². The monoisotopic (exact) mass is 280 g/mol. The lowest BCUT2D eigenvalue weighted by atomic mass is 10.2. The zero-order chi connectivity index (χ0) is 14.3. The highest BCUT2D eigenvalue weighted by atomic mass is 28.4. The lowest BCUT2D eigenvalue weighted by molar-refractivity contribution is -0.103. The first-order valence-electron chi connectivity index (χ1n) is 6.48. The Morgan fingerprint density at radius 1 is 1.21 bits per heavy atom. The largest absolute Gasteiger partial charge is 0.544 e. The van der Waals surface area contributed by atoms with E-state index in [2.05, 4.69) is 19.7 Å². The first-order chi connectivity index (χ1) is 9.02. The van der Waals surface area contributed by atoms with Crippen LogP contribution in [0, 0.1) is 0 Å². The highest BCUT2D eigenvalue weighted by Crippen LogP contribution is 2.25. The van der Waals surface area contributed by atoms with Crippen molar-refractivity contribution in [3.8, 4) is 5.75 Å². The molecule has 19 heavy (non-hydrogen) atoms. The number of rotatable bonds is 8. The molecule has 3 nitrogen and oxygen atoms in total. The van der Waals surface area contributed by atoms with E-state index >= 15 is 0 Å². The number of ether oxygens (including phenoxy) is 2. The molecule has 0 N–H and O–H groups in total. The van der Waals surface area contributed by atoms with Crippen LogP contribution in [0.2, 0.25) is 19.1 Å². The van der Waals surface area contributed by atoms with E-state index < -0.39 is 8.32 Å². The fraction of sp³-hybridized carbons (Fsp3) is 0.467. The van der Waals surface area contributed by atoms with Crippen LogP contribution < -0.4 is 4.43 Å². The number of benzene rings is 1. The van der Waals surface area contributed by atoms with Gasteiger partial charge in [-0.15, -0.1) is 0 Å². The maximum atomic E-state index is 6.22. The molecule has 4 heteroatoms. The van der Waals surface area contributed by atoms with E-state index in [1.807, 2.05) is 30.3 Å². The zero-order valence-electron chi connectivity index (χ0n) is 12.3. The van der Waals surface area contributed by atoms with Crippen LogP contribution in [0.1, 0.15) is 12.0 Å². The van der Waals surface area contributed by atoms with Crippen molar-refractivity contribution in [2.45, 2.75) is 31.8 Å². The van der Waals surface area contributed by atoms with Crippen molar-refractivity contribution < 1.29 is 13.9 Å². The molecular weight excluding hydrogens is 256 g/mol. The summed E-state index contributed by atoms with van der Waals surface area (Å²) in [5.74, 6) is 0.917. The van der Waals surface area contributed by atoms with E-state index in [1.165, 1.54) is 0 Å². The summed E-state index contributed by atoms with van der Waals surface area (Å²) >= 11 is 0. The predicted octanol–water partition coefficient (Wildman–Crippen LogP) is 3.92. The van der Waals surface area contributed by atoms with Crippen LogP contribution in [0.15, 0.2) is 30.8 Å². The number of hydrogen-bond donors (Lipinski definition) is 0. The summed E-state index contributed by atoms with van der Waals surface area (Å²) in [6, 6.07) is 8.96. The van der Waals surface area contributed by atoms with Crippen molar-refractivity contribution in [1.29, 1.82) is 0 Å². The summed E-state index contributed by atoms with van der Waals surface area (Å²) in [6.07, 6.45) is 2.53. The molecule has 1 aromatic carbocycles. The lowest BCUT2D eigenvalue weighted by Crippen LogP contribution is -2.35. The van der Waals surface area contributed by atoms with Gasteiger partial charge in [0.15, 0.2) is 6.29 Å². The van der Waals surface area contributed by atoms with Crippen LogP contribution in [0.4, 0.5) is 0 Å². The highest BCUT2D eigenvalue weighted by Gasteiger charge is 2.26. The van der Waals surface area contributed by atoms with Gasteiger partial charge in [0.05, 0.1) is 0 Å². The molecule has 0 atom stereocenters. The average Bonchev–Trinajstić information content (AvgIpc) is 2.40. The van der Waals surface area contributed by atoms with Gasteiger partial charge in [-0.05, 0) is 31.6 Å². The molecule has 0 aliphatic carbocycles. The van der Waals surface area contributed by atoms with Crippen molar-refractivity contribution in [2.75, 3.05) is 14.2 Å². The molecule has 0 saturated heterocycles. The molecule has 0 aromatic heterocycles. The van der Waals surface area contributed by atoms with Crippen LogP contribution in [-0.4, -0.2) is 28.8 Å². The molecule has 0 radical (unpaired) electrons. The van der Waals surface area contributed by atoms with Crippen LogP contribution in [0.3, 0.4) is 0 Å². The molecule has 0 heterocycles. The number of hydrogen-bond acceptors (Lipinski definition) is 3. The van der Waals surface area contributed by atoms with E-state index in [0.717, 1.165) is 23.8 Å². The third-order valence-corrected chi connectivity index (χ3v) is 5.30. The zero-order valence-corrected chi connectivity index (χ0v) is 13.3. The molecule has 0 spiro atoms. The Balaban J connectivity index is 2.65. The van der Waals surface area contributed by atoms with E-state index in [1.54, 1.807) is 14.2 Å². The molecule has 0 aliphatic heterocycles. The lowest BCUT2D eigenvalue weighted by Gasteiger charge is -2.26. The minimum atomic E-state index is -1.79. The summed E-state index contributed by atoms with van der Waals surface area (Å²) in [5, 5.41) is 0. The second kappa shape index (κ2) is 7.48. The summed E-state index contributed by atoms with van der Waals surface area (Å²) in [4.78, 5) is 0. The normalized spacial score (nSPS) is 11.6. The summed E-state index contributed by atoms with van der Waals surface area (Å²) in [7, 11) is 1.53. The van der Waals surface area contributed by atoms with Gasteiger partial charge < -0.3 is 13.9 Å². The second-order valence-electron chi connectivity index (χ2n) is 5.04. The Morgan fingerprint density at radius 3 is 2.42 bits per heavy atom. The summed E-state index contributed by atoms with van der Waals surface area (Å²) in [5.41, 5.74) is 1.04. The van der Waals surface area contributed by atoms with Gasteiger partial charge in [-0.25, -0.2) is 0 Å². The van der Waals surface area contributed by atoms with Gasteiger partial charge in [0.25, 0.3) is 0 Å². The maximum Gasteiger partial charge on any atom is 0.245 e. The Kier molecular flexibility index (Phi) is 6.28. The minimum Gasteiger partial charge on any atom is -0.544 e. The Bertz CT molecular complexity index is 400. The topological polar surface area (TPSA) is 27.7 Å². The van der Waals surface area contributed by atoms with E-state index in [4.69, 9.17) is 13.9 Å². The molecule has 1 aromatic rings. The summed E-state index contributed by atoms with van der Waals surface area (Å²) < 4.78 is 16.7. The highest BCUT2D eigenvalue weighted by molar-refractivity contribution is 6.71. The van der Waals surface area contributed by atoms with Crippen LogP contribution in [0.25, 0.3) is 6.08 Å². The third kappa shape index (κ3) is 5.18. The van der Waals surface area contributed by atoms with Crippen molar-refractivity contribution in [1.82, 2.24) is 0 Å². The van der Waals surface area contributed by atoms with Gasteiger partial charge in [0.1, 0.15) is 5.75 Å². The predicted molar refractivity (Wildman–Crippen MR) is 81.9 cm³/mol. The molecule has 1 rings (SSSR count). The quantitative estimate of drug-likeness (QED) is 0.533. The van der Waals surface area contributed by atoms with Crippen LogP contribution in [-0.2, 0) is 9.47 Å². The van der Waals surface area contributed by atoms with Gasteiger partial charge in [0.2, 0.25) is 8.32 Å². The van der Waals surface area contributed by atoms with Crippen LogP contribution in [0.5, 0.6) is 5.75 Å². The molecule has 0 amide bonds. The Hall–Kier alpha value is -1.10. The van der Waals surface area contributed by atoms with Gasteiger partial charge in [0, 0.05) is 19.8 Å². The Labute approximate surface area is 117 Å². The molecule has 0 fully saturated rings. The van der Waals surface area contributed by atoms with Gasteiger partial charge in [-0.1, -0.05) is 30.9 Å². The average molecular weight is 280 g/mol. The molecule has 0 saturated carbocycles. The molecule has 106 valence electrons. The van der Waals surface area contributed by atoms with E-state index in [0.29, 0.717) is 0 Å². The molecule has 0 aliphatic rings. The molecule has 0 unspecified atom stereocenters. The number of methoxy groups -OCH3 is 2. The standard InChI is InChI=1S/C15H24O3Si/c1-6-13-9-7-8-10-14(13)18-19(4,5)12-11-15(16-2)17-3/h6-10,15H,1,11-12H2,2-5H3. The number of para-hydroxylation sites is 1. The maximum absolute atomic E-state index is 6.22. The van der Waals surface area contributed by atoms with E-state index in [-0.39, 0.29) is 6.29 Å². The van der Waals surface area contributed by atoms with Crippen LogP contribution >= 0.6 is 0 Å². The Morgan fingerprint density at radius 2 is 1.84 bits per heavy atom. The smallest absolute Gasteiger partial charge is 0.245 e. The van der Waals surface area contributed by atoms with Gasteiger partial charge in [-0.3, -0.25) is 0 Å². The summed E-state index contributed by atoms with van der Waals surface area (Å²) in [6.45, 7) is 8.23. The van der Waals surface area contributed by atoms with Crippen molar-refractivity contribution in [3.63, 3.8) is 0 Å². The minimum absolute atomic E-state index is 0.148. The van der Waals surface area contributed by atoms with Crippen molar-refractivity contribution >= 4 is 14.4 Å². The van der Waals surface area contributed by atoms with E-state index in [9.17, 15) is 0 Å². The first kappa shape index (κ1) is 16.0. The molecule has 0 bridgehead atoms. The SMILES string of the molecule is C=Cc1ccccc1O[Si](C)(C)CCC(OC)OC. The molecular formula is C15H24O3Si. The fourth-order valence-electron chi connectivity index (χ4n) is 1.89. The third-order valence-electron chi connectivity index (χ3n) is 3.03. The van der Waals surface area contributed by atoms with Crippen molar-refractivity contribution in [2.24, 2.45) is 0 Å².